The van der Waals surface area contributed by atoms with E-state index in [4.69, 9.17) is 0 Å². The maximum Gasteiger partial charge on any atom is 0.141 e. The fourth-order valence-corrected chi connectivity index (χ4v) is 5.88. The van der Waals surface area contributed by atoms with E-state index >= 15 is 0 Å². The van der Waals surface area contributed by atoms with Gasteiger partial charge in [-0.25, -0.2) is 0 Å². The molecule has 1 rings (SSSR count). The highest BCUT2D eigenvalue weighted by Crippen LogP contribution is 2.48. The molecular formula is C18H36O2Si. The van der Waals surface area contributed by atoms with Crippen LogP contribution in [-0.2, 0) is 4.79 Å². The summed E-state index contributed by atoms with van der Waals surface area (Å²) in [4.78, 5) is 12.8. The number of hydrogen-bond donors (Lipinski definition) is 1. The van der Waals surface area contributed by atoms with E-state index in [9.17, 15) is 9.90 Å². The average Bonchev–Trinajstić information content (AvgIpc) is 2.75. The lowest BCUT2D eigenvalue weighted by molar-refractivity contribution is -0.128. The molecule has 0 heterocycles. The van der Waals surface area contributed by atoms with Gasteiger partial charge in [-0.05, 0) is 19.3 Å². The van der Waals surface area contributed by atoms with Gasteiger partial charge in [0.15, 0.2) is 0 Å². The second-order valence-corrected chi connectivity index (χ2v) is 13.6. The van der Waals surface area contributed by atoms with Gasteiger partial charge in [0.05, 0.1) is 20.1 Å². The molecule has 1 saturated carbocycles. The van der Waals surface area contributed by atoms with Crippen LogP contribution >= 0.6 is 0 Å². The average molecular weight is 313 g/mol. The van der Waals surface area contributed by atoms with Crippen molar-refractivity contribution >= 4 is 13.9 Å². The zero-order valence-electron chi connectivity index (χ0n) is 14.7. The van der Waals surface area contributed by atoms with E-state index in [0.29, 0.717) is 5.78 Å². The molecule has 2 atom stereocenters. The molecule has 0 aromatic carbocycles. The Balaban J connectivity index is 2.39. The first-order valence-corrected chi connectivity index (χ1v) is 12.6. The summed E-state index contributed by atoms with van der Waals surface area (Å²) in [5.41, 5.74) is -0.108. The van der Waals surface area contributed by atoms with Gasteiger partial charge < -0.3 is 5.11 Å². The maximum absolute atomic E-state index is 12.8. The molecule has 124 valence electrons. The predicted molar refractivity (Wildman–Crippen MR) is 93.5 cm³/mol. The van der Waals surface area contributed by atoms with Crippen molar-refractivity contribution in [2.24, 2.45) is 5.41 Å². The minimum atomic E-state index is -1.42. The highest BCUT2D eigenvalue weighted by molar-refractivity contribution is 6.80. The molecule has 0 spiro atoms. The fraction of sp³-hybridized carbons (Fsp3) is 0.944. The number of unbranched alkanes of at least 4 members (excludes halogenated alkanes) is 6. The molecule has 1 aliphatic carbocycles. The number of ketones is 1. The van der Waals surface area contributed by atoms with E-state index in [1.807, 2.05) is 0 Å². The van der Waals surface area contributed by atoms with Gasteiger partial charge in [0.1, 0.15) is 5.78 Å². The fourth-order valence-electron chi connectivity index (χ4n) is 3.78. The lowest BCUT2D eigenvalue weighted by Gasteiger charge is -2.29. The van der Waals surface area contributed by atoms with E-state index in [2.05, 4.69) is 26.6 Å². The van der Waals surface area contributed by atoms with Crippen molar-refractivity contribution in [2.75, 3.05) is 6.61 Å². The molecular weight excluding hydrogens is 276 g/mol. The monoisotopic (exact) mass is 312 g/mol. The van der Waals surface area contributed by atoms with Crippen LogP contribution in [0, 0.1) is 5.41 Å². The van der Waals surface area contributed by atoms with Crippen molar-refractivity contribution in [2.45, 2.75) is 96.3 Å². The Morgan fingerprint density at radius 3 is 2.14 bits per heavy atom. The number of carbonyl (C=O) groups is 1. The van der Waals surface area contributed by atoms with Gasteiger partial charge in [-0.3, -0.25) is 4.79 Å². The zero-order chi connectivity index (χ0) is 15.9. The quantitative estimate of drug-likeness (QED) is 0.446. The number of carbonyl (C=O) groups excluding carboxylic acids is 1. The van der Waals surface area contributed by atoms with Crippen LogP contribution in [0.5, 0.6) is 0 Å². The smallest absolute Gasteiger partial charge is 0.141 e. The molecule has 2 nitrogen and oxygen atoms in total. The lowest BCUT2D eigenvalue weighted by Crippen LogP contribution is -2.38. The van der Waals surface area contributed by atoms with E-state index in [1.54, 1.807) is 0 Å². The first-order chi connectivity index (χ1) is 9.87. The normalized spacial score (nSPS) is 26.5. The zero-order valence-corrected chi connectivity index (χ0v) is 15.7. The highest BCUT2D eigenvalue weighted by Gasteiger charge is 2.50. The van der Waals surface area contributed by atoms with Gasteiger partial charge in [0.2, 0.25) is 0 Å². The van der Waals surface area contributed by atoms with Gasteiger partial charge in [-0.15, -0.1) is 0 Å². The summed E-state index contributed by atoms with van der Waals surface area (Å²) in [5.74, 6) is 0.398. The Kier molecular flexibility index (Phi) is 7.62. The third-order valence-corrected chi connectivity index (χ3v) is 8.00. The predicted octanol–water partition coefficient (Wildman–Crippen LogP) is 5.18. The van der Waals surface area contributed by atoms with Gasteiger partial charge in [-0.1, -0.05) is 71.5 Å². The minimum Gasteiger partial charge on any atom is -0.395 e. The summed E-state index contributed by atoms with van der Waals surface area (Å²) in [7, 11) is -1.42. The lowest BCUT2D eigenvalue weighted by atomic mass is 9.81. The Labute approximate surface area is 132 Å². The van der Waals surface area contributed by atoms with Gasteiger partial charge in [0.25, 0.3) is 0 Å². The van der Waals surface area contributed by atoms with Crippen molar-refractivity contribution in [3.63, 3.8) is 0 Å². The number of hydrogen-bond acceptors (Lipinski definition) is 2. The molecule has 0 aliphatic heterocycles. The topological polar surface area (TPSA) is 37.3 Å². The second-order valence-electron chi connectivity index (χ2n) is 8.13. The SMILES string of the molecule is CCCCCCCCC[C@]1(CO)CC[C@H]([Si](C)(C)C)C1=O. The summed E-state index contributed by atoms with van der Waals surface area (Å²) in [5, 5.41) is 9.84. The van der Waals surface area contributed by atoms with E-state index in [1.165, 1.54) is 38.5 Å². The standard InChI is InChI=1S/C18H36O2Si/c1-5-6-7-8-9-10-11-13-18(15-19)14-12-16(17(18)20)21(2,3)4/h16,19H,5-15H2,1-4H3/t16-,18+/m0/s1. The second kappa shape index (κ2) is 8.47. The molecule has 1 fully saturated rings. The first kappa shape index (κ1) is 18.9. The summed E-state index contributed by atoms with van der Waals surface area (Å²) < 4.78 is 0. The third kappa shape index (κ3) is 5.21. The Hall–Kier alpha value is -0.153. The minimum absolute atomic E-state index is 0.0721. The summed E-state index contributed by atoms with van der Waals surface area (Å²) in [6, 6.07) is 0. The summed E-state index contributed by atoms with van der Waals surface area (Å²) in [6.07, 6.45) is 11.8. The highest BCUT2D eigenvalue weighted by atomic mass is 28.3. The van der Waals surface area contributed by atoms with E-state index < -0.39 is 8.07 Å². The molecule has 0 aromatic heterocycles. The molecule has 0 aromatic rings. The van der Waals surface area contributed by atoms with Gasteiger partial charge in [-0.2, -0.15) is 0 Å². The van der Waals surface area contributed by atoms with Crippen LogP contribution in [0.3, 0.4) is 0 Å². The van der Waals surface area contributed by atoms with Gasteiger partial charge >= 0.3 is 0 Å². The summed E-state index contributed by atoms with van der Waals surface area (Å²) >= 11 is 0. The number of Topliss-reactive ketones (excluding diaryl/α,β-unsaturated/α-hetero) is 1. The van der Waals surface area contributed by atoms with Gasteiger partial charge in [0, 0.05) is 5.54 Å². The van der Waals surface area contributed by atoms with Crippen LogP contribution in [0.4, 0.5) is 0 Å². The van der Waals surface area contributed by atoms with Crippen molar-refractivity contribution < 1.29 is 9.90 Å². The van der Waals surface area contributed by atoms with Crippen LogP contribution in [0.1, 0.15) is 71.1 Å². The van der Waals surface area contributed by atoms with Crippen molar-refractivity contribution in [1.82, 2.24) is 0 Å². The van der Waals surface area contributed by atoms with Crippen molar-refractivity contribution in [3.8, 4) is 0 Å². The van der Waals surface area contributed by atoms with Crippen molar-refractivity contribution in [3.05, 3.63) is 0 Å². The Morgan fingerprint density at radius 1 is 1.10 bits per heavy atom. The number of aliphatic hydroxyl groups excluding tert-OH is 1. The largest absolute Gasteiger partial charge is 0.395 e. The Morgan fingerprint density at radius 2 is 1.67 bits per heavy atom. The maximum atomic E-state index is 12.8. The van der Waals surface area contributed by atoms with Crippen LogP contribution < -0.4 is 0 Å². The molecule has 1 N–H and O–H groups in total. The number of aliphatic hydroxyl groups is 1. The van der Waals surface area contributed by atoms with Crippen LogP contribution in [0.15, 0.2) is 0 Å². The molecule has 3 heteroatoms. The molecule has 21 heavy (non-hydrogen) atoms. The molecule has 0 unspecified atom stereocenters. The number of rotatable bonds is 10. The Bertz CT molecular complexity index is 322. The summed E-state index contributed by atoms with van der Waals surface area (Å²) in [6.45, 7) is 9.18. The molecule has 0 radical (unpaired) electrons. The third-order valence-electron chi connectivity index (χ3n) is 5.36. The molecule has 1 aliphatic rings. The van der Waals surface area contributed by atoms with Crippen LogP contribution in [0.2, 0.25) is 25.2 Å². The molecule has 0 bridgehead atoms. The van der Waals surface area contributed by atoms with E-state index in [-0.39, 0.29) is 17.6 Å². The van der Waals surface area contributed by atoms with Crippen LogP contribution in [-0.4, -0.2) is 25.6 Å². The van der Waals surface area contributed by atoms with E-state index in [0.717, 1.165) is 25.7 Å². The molecule has 0 saturated heterocycles. The van der Waals surface area contributed by atoms with Crippen LogP contribution in [0.25, 0.3) is 0 Å². The molecule has 0 amide bonds. The van der Waals surface area contributed by atoms with Crippen molar-refractivity contribution in [1.29, 1.82) is 0 Å². The first-order valence-electron chi connectivity index (χ1n) is 9.02.